The van der Waals surface area contributed by atoms with Gasteiger partial charge in [0.15, 0.2) is 0 Å². The number of halogens is 1. The van der Waals surface area contributed by atoms with Crippen molar-refractivity contribution in [1.82, 2.24) is 9.88 Å². The fourth-order valence-corrected chi connectivity index (χ4v) is 3.67. The highest BCUT2D eigenvalue weighted by Gasteiger charge is 2.17. The number of aryl methyl sites for hydroxylation is 1. The van der Waals surface area contributed by atoms with Gasteiger partial charge in [0.05, 0.1) is 16.1 Å². The van der Waals surface area contributed by atoms with Crippen LogP contribution in [0.2, 0.25) is 5.02 Å². The lowest BCUT2D eigenvalue weighted by Gasteiger charge is -2.17. The number of carboxylic acid groups (broad SMARTS) is 1. The maximum atomic E-state index is 11.0. The SMILES string of the molecule is CCN(CC)CCC(N)=O.O=C(O)c1ccc2c(Cl)c3c(nc2c1)CCCC3. The summed E-state index contributed by atoms with van der Waals surface area (Å²) < 4.78 is 0. The van der Waals surface area contributed by atoms with Gasteiger partial charge in [0.1, 0.15) is 0 Å². The van der Waals surface area contributed by atoms with Crippen molar-refractivity contribution < 1.29 is 14.7 Å². The molecule has 1 heterocycles. The number of benzene rings is 1. The minimum absolute atomic E-state index is 0.216. The third kappa shape index (κ3) is 5.66. The molecule has 152 valence electrons. The molecule has 2 aromatic rings. The summed E-state index contributed by atoms with van der Waals surface area (Å²) in [6, 6.07) is 4.93. The Hall–Kier alpha value is -2.18. The van der Waals surface area contributed by atoms with Gasteiger partial charge in [-0.1, -0.05) is 31.5 Å². The van der Waals surface area contributed by atoms with Crippen molar-refractivity contribution in [1.29, 1.82) is 0 Å². The fraction of sp³-hybridized carbons (Fsp3) is 0.476. The average molecular weight is 406 g/mol. The Morgan fingerprint density at radius 1 is 1.21 bits per heavy atom. The summed E-state index contributed by atoms with van der Waals surface area (Å²) in [5.74, 6) is -1.15. The topological polar surface area (TPSA) is 96.5 Å². The van der Waals surface area contributed by atoms with Crippen LogP contribution < -0.4 is 5.73 Å². The first-order chi connectivity index (χ1) is 13.4. The molecule has 0 saturated carbocycles. The largest absolute Gasteiger partial charge is 0.478 e. The van der Waals surface area contributed by atoms with Crippen molar-refractivity contribution in [2.75, 3.05) is 19.6 Å². The Labute approximate surface area is 170 Å². The van der Waals surface area contributed by atoms with E-state index in [0.717, 1.165) is 67.0 Å². The summed E-state index contributed by atoms with van der Waals surface area (Å²) in [6.45, 7) is 6.92. The second-order valence-electron chi connectivity index (χ2n) is 6.84. The highest BCUT2D eigenvalue weighted by molar-refractivity contribution is 6.36. The molecule has 0 radical (unpaired) electrons. The maximum absolute atomic E-state index is 11.0. The number of nitrogens with zero attached hydrogens (tertiary/aromatic N) is 2. The average Bonchev–Trinajstić information content (AvgIpc) is 2.69. The minimum atomic E-state index is -0.937. The van der Waals surface area contributed by atoms with Crippen LogP contribution in [0.5, 0.6) is 0 Å². The Kier molecular flexibility index (Phi) is 8.20. The normalized spacial score (nSPS) is 13.0. The number of aromatic carboxylic acids is 1. The van der Waals surface area contributed by atoms with Crippen LogP contribution in [0.4, 0.5) is 0 Å². The minimum Gasteiger partial charge on any atom is -0.478 e. The van der Waals surface area contributed by atoms with Gasteiger partial charge in [-0.25, -0.2) is 4.79 Å². The Morgan fingerprint density at radius 2 is 1.89 bits per heavy atom. The molecule has 1 aromatic heterocycles. The van der Waals surface area contributed by atoms with Crippen molar-refractivity contribution in [2.24, 2.45) is 5.73 Å². The summed E-state index contributed by atoms with van der Waals surface area (Å²) >= 11 is 6.40. The van der Waals surface area contributed by atoms with Crippen molar-refractivity contribution >= 4 is 34.4 Å². The predicted octanol–water partition coefficient (Wildman–Crippen LogP) is 3.67. The molecular formula is C21H28ClN3O3. The van der Waals surface area contributed by atoms with E-state index in [2.05, 4.69) is 23.7 Å². The van der Waals surface area contributed by atoms with Crippen LogP contribution in [-0.4, -0.2) is 46.5 Å². The monoisotopic (exact) mass is 405 g/mol. The second kappa shape index (κ2) is 10.4. The van der Waals surface area contributed by atoms with E-state index < -0.39 is 5.97 Å². The lowest BCUT2D eigenvalue weighted by atomic mass is 9.94. The van der Waals surface area contributed by atoms with E-state index in [0.29, 0.717) is 11.9 Å². The van der Waals surface area contributed by atoms with Gasteiger partial charge in [-0.15, -0.1) is 0 Å². The molecule has 1 aromatic carbocycles. The molecule has 0 unspecified atom stereocenters. The Morgan fingerprint density at radius 3 is 2.50 bits per heavy atom. The van der Waals surface area contributed by atoms with Crippen molar-refractivity contribution in [3.05, 3.63) is 40.0 Å². The molecule has 6 nitrogen and oxygen atoms in total. The standard InChI is InChI=1S/C14H12ClNO2.C7H16N2O/c15-13-9-3-1-2-4-11(9)16-12-7-8(14(17)18)5-6-10(12)13;1-3-9(4-2)6-5-7(8)10/h5-7H,1-4H2,(H,17,18);3-6H2,1-2H3,(H2,8,10). The van der Waals surface area contributed by atoms with Gasteiger partial charge in [-0.2, -0.15) is 0 Å². The van der Waals surface area contributed by atoms with Crippen LogP contribution in [0.3, 0.4) is 0 Å². The summed E-state index contributed by atoms with van der Waals surface area (Å²) in [4.78, 5) is 28.0. The number of amides is 1. The van der Waals surface area contributed by atoms with Crippen molar-refractivity contribution in [3.63, 3.8) is 0 Å². The molecule has 0 aliphatic heterocycles. The molecule has 0 saturated heterocycles. The van der Waals surface area contributed by atoms with Crippen LogP contribution in [-0.2, 0) is 17.6 Å². The molecule has 1 aliphatic carbocycles. The zero-order valence-electron chi connectivity index (χ0n) is 16.5. The van der Waals surface area contributed by atoms with Gasteiger partial charge in [-0.3, -0.25) is 9.78 Å². The van der Waals surface area contributed by atoms with Crippen molar-refractivity contribution in [2.45, 2.75) is 46.0 Å². The van der Waals surface area contributed by atoms with Crippen LogP contribution in [0.1, 0.15) is 54.7 Å². The number of carbonyl (C=O) groups is 2. The number of nitrogens with two attached hydrogens (primary N) is 1. The Bertz CT molecular complexity index is 850. The van der Waals surface area contributed by atoms with E-state index in [9.17, 15) is 9.59 Å². The van der Waals surface area contributed by atoms with Gasteiger partial charge in [0.2, 0.25) is 5.91 Å². The third-order valence-corrected chi connectivity index (χ3v) is 5.44. The first kappa shape index (κ1) is 22.1. The molecule has 0 fully saturated rings. The number of carbonyl (C=O) groups excluding carboxylic acids is 1. The number of rotatable bonds is 6. The summed E-state index contributed by atoms with van der Waals surface area (Å²) in [6.07, 6.45) is 4.65. The first-order valence-electron chi connectivity index (χ1n) is 9.72. The number of carboxylic acids is 1. The van der Waals surface area contributed by atoms with Crippen LogP contribution in [0, 0.1) is 0 Å². The first-order valence-corrected chi connectivity index (χ1v) is 10.1. The fourth-order valence-electron chi connectivity index (χ4n) is 3.31. The number of hydrogen-bond donors (Lipinski definition) is 2. The van der Waals surface area contributed by atoms with E-state index in [1.54, 1.807) is 18.2 Å². The molecule has 0 atom stereocenters. The lowest BCUT2D eigenvalue weighted by Crippen LogP contribution is -2.27. The zero-order chi connectivity index (χ0) is 20.7. The van der Waals surface area contributed by atoms with E-state index in [1.807, 2.05) is 0 Å². The molecule has 7 heteroatoms. The molecule has 28 heavy (non-hydrogen) atoms. The Balaban J connectivity index is 0.000000242. The maximum Gasteiger partial charge on any atom is 0.335 e. The van der Waals surface area contributed by atoms with E-state index in [1.165, 1.54) is 0 Å². The van der Waals surface area contributed by atoms with Gasteiger partial charge >= 0.3 is 5.97 Å². The zero-order valence-corrected chi connectivity index (χ0v) is 17.3. The quantitative estimate of drug-likeness (QED) is 0.764. The molecule has 3 N–H and O–H groups in total. The third-order valence-electron chi connectivity index (χ3n) is 5.01. The number of hydrogen-bond acceptors (Lipinski definition) is 4. The summed E-state index contributed by atoms with van der Waals surface area (Å²) in [5, 5.41) is 10.6. The van der Waals surface area contributed by atoms with E-state index in [-0.39, 0.29) is 11.5 Å². The van der Waals surface area contributed by atoms with Gasteiger partial charge < -0.3 is 15.7 Å². The summed E-state index contributed by atoms with van der Waals surface area (Å²) in [7, 11) is 0. The second-order valence-corrected chi connectivity index (χ2v) is 7.22. The van der Waals surface area contributed by atoms with E-state index >= 15 is 0 Å². The predicted molar refractivity (Wildman–Crippen MR) is 112 cm³/mol. The smallest absolute Gasteiger partial charge is 0.335 e. The van der Waals surface area contributed by atoms with Gasteiger partial charge in [0.25, 0.3) is 0 Å². The number of primary amides is 1. The summed E-state index contributed by atoms with van der Waals surface area (Å²) in [5.41, 5.74) is 8.08. The molecule has 3 rings (SSSR count). The molecule has 1 amide bonds. The van der Waals surface area contributed by atoms with Crippen LogP contribution in [0.15, 0.2) is 18.2 Å². The van der Waals surface area contributed by atoms with Gasteiger partial charge in [-0.05, 0) is 56.5 Å². The number of fused-ring (bicyclic) bond motifs is 2. The molecule has 0 spiro atoms. The lowest BCUT2D eigenvalue weighted by molar-refractivity contribution is -0.118. The van der Waals surface area contributed by atoms with Crippen molar-refractivity contribution in [3.8, 4) is 0 Å². The van der Waals surface area contributed by atoms with Crippen LogP contribution >= 0.6 is 11.6 Å². The van der Waals surface area contributed by atoms with Crippen LogP contribution in [0.25, 0.3) is 10.9 Å². The highest BCUT2D eigenvalue weighted by atomic mass is 35.5. The number of aromatic nitrogens is 1. The van der Waals surface area contributed by atoms with Gasteiger partial charge in [0, 0.05) is 24.0 Å². The molecule has 0 bridgehead atoms. The van der Waals surface area contributed by atoms with E-state index in [4.69, 9.17) is 22.4 Å². The molecule has 1 aliphatic rings. The highest BCUT2D eigenvalue weighted by Crippen LogP contribution is 2.33. The molecular weight excluding hydrogens is 378 g/mol. The number of pyridine rings is 1.